The number of aryl methyl sites for hydroxylation is 2. The highest BCUT2D eigenvalue weighted by Gasteiger charge is 2.16. The SMILES string of the molecule is Cc1ccc(C(O)CNCc2c(C)nn(-c3ccc(F)cc3F)c2C)cc1. The molecular weight excluding hydrogens is 348 g/mol. The van der Waals surface area contributed by atoms with Crippen LogP contribution in [0.3, 0.4) is 0 Å². The smallest absolute Gasteiger partial charge is 0.151 e. The standard InChI is InChI=1S/C21H23F2N3O/c1-13-4-6-16(7-5-13)21(27)12-24-11-18-14(2)25-26(15(18)3)20-9-8-17(22)10-19(20)23/h4-10,21,24,27H,11-12H2,1-3H3. The summed E-state index contributed by atoms with van der Waals surface area (Å²) in [5, 5.41) is 17.9. The van der Waals surface area contributed by atoms with Gasteiger partial charge in [0.2, 0.25) is 0 Å². The molecule has 0 aliphatic carbocycles. The van der Waals surface area contributed by atoms with Gasteiger partial charge in [-0.05, 0) is 38.5 Å². The number of hydrogen-bond acceptors (Lipinski definition) is 3. The van der Waals surface area contributed by atoms with Gasteiger partial charge in [0, 0.05) is 30.4 Å². The topological polar surface area (TPSA) is 50.1 Å². The largest absolute Gasteiger partial charge is 0.387 e. The van der Waals surface area contributed by atoms with Crippen LogP contribution in [0.4, 0.5) is 8.78 Å². The van der Waals surface area contributed by atoms with E-state index in [1.807, 2.05) is 45.0 Å². The molecule has 1 atom stereocenters. The molecule has 0 fully saturated rings. The van der Waals surface area contributed by atoms with Crippen LogP contribution in [0.15, 0.2) is 42.5 Å². The lowest BCUT2D eigenvalue weighted by molar-refractivity contribution is 0.174. The summed E-state index contributed by atoms with van der Waals surface area (Å²) in [4.78, 5) is 0. The highest BCUT2D eigenvalue weighted by molar-refractivity contribution is 5.38. The number of aliphatic hydroxyl groups excluding tert-OH is 1. The van der Waals surface area contributed by atoms with E-state index in [4.69, 9.17) is 0 Å². The fourth-order valence-corrected chi connectivity index (χ4v) is 3.06. The van der Waals surface area contributed by atoms with E-state index in [-0.39, 0.29) is 5.69 Å². The Hall–Kier alpha value is -2.57. The maximum atomic E-state index is 14.1. The van der Waals surface area contributed by atoms with Crippen LogP contribution < -0.4 is 5.32 Å². The first-order valence-electron chi connectivity index (χ1n) is 8.82. The summed E-state index contributed by atoms with van der Waals surface area (Å²) < 4.78 is 28.7. The highest BCUT2D eigenvalue weighted by Crippen LogP contribution is 2.21. The molecule has 0 bridgehead atoms. The lowest BCUT2D eigenvalue weighted by Gasteiger charge is -2.13. The second kappa shape index (κ2) is 7.98. The number of aliphatic hydroxyl groups is 1. The van der Waals surface area contributed by atoms with Crippen molar-refractivity contribution in [1.29, 1.82) is 0 Å². The van der Waals surface area contributed by atoms with E-state index in [1.54, 1.807) is 0 Å². The van der Waals surface area contributed by atoms with Crippen molar-refractivity contribution < 1.29 is 13.9 Å². The van der Waals surface area contributed by atoms with E-state index in [1.165, 1.54) is 16.8 Å². The number of benzene rings is 2. The number of nitrogens with one attached hydrogen (secondary N) is 1. The van der Waals surface area contributed by atoms with Gasteiger partial charge in [-0.2, -0.15) is 5.10 Å². The fraction of sp³-hybridized carbons (Fsp3) is 0.286. The highest BCUT2D eigenvalue weighted by atomic mass is 19.1. The van der Waals surface area contributed by atoms with Crippen molar-refractivity contribution in [2.45, 2.75) is 33.4 Å². The Morgan fingerprint density at radius 2 is 1.78 bits per heavy atom. The first-order valence-corrected chi connectivity index (χ1v) is 8.82. The minimum atomic E-state index is -0.657. The van der Waals surface area contributed by atoms with Crippen LogP contribution in [0.1, 0.15) is 34.2 Å². The molecule has 0 spiro atoms. The molecular formula is C21H23F2N3O. The van der Waals surface area contributed by atoms with Crippen LogP contribution in [0.25, 0.3) is 5.69 Å². The molecule has 2 N–H and O–H groups in total. The van der Waals surface area contributed by atoms with Gasteiger partial charge in [0.25, 0.3) is 0 Å². The molecule has 2 aromatic carbocycles. The van der Waals surface area contributed by atoms with E-state index in [0.29, 0.717) is 13.1 Å². The Balaban J connectivity index is 1.71. The van der Waals surface area contributed by atoms with Gasteiger partial charge < -0.3 is 10.4 Å². The van der Waals surface area contributed by atoms with Crippen molar-refractivity contribution in [3.05, 3.63) is 82.2 Å². The maximum Gasteiger partial charge on any atom is 0.151 e. The fourth-order valence-electron chi connectivity index (χ4n) is 3.06. The van der Waals surface area contributed by atoms with E-state index in [2.05, 4.69) is 10.4 Å². The lowest BCUT2D eigenvalue weighted by atomic mass is 10.1. The predicted octanol–water partition coefficient (Wildman–Crippen LogP) is 3.90. The van der Waals surface area contributed by atoms with E-state index < -0.39 is 17.7 Å². The zero-order chi connectivity index (χ0) is 19.6. The van der Waals surface area contributed by atoms with Crippen molar-refractivity contribution in [3.63, 3.8) is 0 Å². The molecule has 1 unspecified atom stereocenters. The second-order valence-corrected chi connectivity index (χ2v) is 6.71. The lowest BCUT2D eigenvalue weighted by Crippen LogP contribution is -2.21. The van der Waals surface area contributed by atoms with Crippen LogP contribution in [0.2, 0.25) is 0 Å². The Morgan fingerprint density at radius 1 is 1.07 bits per heavy atom. The zero-order valence-corrected chi connectivity index (χ0v) is 15.6. The van der Waals surface area contributed by atoms with Gasteiger partial charge in [0.05, 0.1) is 11.8 Å². The van der Waals surface area contributed by atoms with Crippen LogP contribution in [0.5, 0.6) is 0 Å². The van der Waals surface area contributed by atoms with E-state index >= 15 is 0 Å². The summed E-state index contributed by atoms with van der Waals surface area (Å²) in [6.45, 7) is 6.57. The number of nitrogens with zero attached hydrogens (tertiary/aromatic N) is 2. The molecule has 0 amide bonds. The molecule has 0 saturated carbocycles. The van der Waals surface area contributed by atoms with Crippen LogP contribution >= 0.6 is 0 Å². The normalized spacial score (nSPS) is 12.4. The minimum Gasteiger partial charge on any atom is -0.387 e. The zero-order valence-electron chi connectivity index (χ0n) is 15.6. The molecule has 27 heavy (non-hydrogen) atoms. The number of rotatable bonds is 6. The number of halogens is 2. The third kappa shape index (κ3) is 4.23. The van der Waals surface area contributed by atoms with Crippen LogP contribution in [-0.2, 0) is 6.54 Å². The summed E-state index contributed by atoms with van der Waals surface area (Å²) in [5.41, 5.74) is 4.66. The Kier molecular flexibility index (Phi) is 5.68. The summed E-state index contributed by atoms with van der Waals surface area (Å²) >= 11 is 0. The summed E-state index contributed by atoms with van der Waals surface area (Å²) in [5.74, 6) is -1.28. The quantitative estimate of drug-likeness (QED) is 0.691. The monoisotopic (exact) mass is 371 g/mol. The molecule has 6 heteroatoms. The summed E-state index contributed by atoms with van der Waals surface area (Å²) in [6, 6.07) is 11.2. The molecule has 0 aliphatic rings. The summed E-state index contributed by atoms with van der Waals surface area (Å²) in [6.07, 6.45) is -0.615. The first kappa shape index (κ1) is 19.2. The molecule has 1 aromatic heterocycles. The Morgan fingerprint density at radius 3 is 2.44 bits per heavy atom. The van der Waals surface area contributed by atoms with Gasteiger partial charge in [-0.25, -0.2) is 13.5 Å². The second-order valence-electron chi connectivity index (χ2n) is 6.71. The van der Waals surface area contributed by atoms with Gasteiger partial charge in [0.1, 0.15) is 11.5 Å². The predicted molar refractivity (Wildman–Crippen MR) is 101 cm³/mol. The van der Waals surface area contributed by atoms with E-state index in [9.17, 15) is 13.9 Å². The Bertz CT molecular complexity index is 935. The molecule has 1 heterocycles. The number of hydrogen-bond donors (Lipinski definition) is 2. The third-order valence-electron chi connectivity index (χ3n) is 4.68. The van der Waals surface area contributed by atoms with E-state index in [0.717, 1.165) is 34.1 Å². The summed E-state index contributed by atoms with van der Waals surface area (Å²) in [7, 11) is 0. The average molecular weight is 371 g/mol. The molecule has 4 nitrogen and oxygen atoms in total. The van der Waals surface area contributed by atoms with Crippen molar-refractivity contribution in [3.8, 4) is 5.69 Å². The molecule has 142 valence electrons. The van der Waals surface area contributed by atoms with Gasteiger partial charge in [0.15, 0.2) is 5.82 Å². The third-order valence-corrected chi connectivity index (χ3v) is 4.68. The van der Waals surface area contributed by atoms with Crippen LogP contribution in [-0.4, -0.2) is 21.4 Å². The van der Waals surface area contributed by atoms with Gasteiger partial charge in [-0.3, -0.25) is 0 Å². The first-order chi connectivity index (χ1) is 12.9. The van der Waals surface area contributed by atoms with Gasteiger partial charge >= 0.3 is 0 Å². The molecule has 0 aliphatic heterocycles. The van der Waals surface area contributed by atoms with Crippen molar-refractivity contribution in [2.75, 3.05) is 6.54 Å². The average Bonchev–Trinajstić information content (AvgIpc) is 2.90. The Labute approximate surface area is 157 Å². The van der Waals surface area contributed by atoms with Gasteiger partial charge in [-0.1, -0.05) is 29.8 Å². The number of aromatic nitrogens is 2. The molecule has 3 rings (SSSR count). The minimum absolute atomic E-state index is 0.211. The van der Waals surface area contributed by atoms with Crippen molar-refractivity contribution in [1.82, 2.24) is 15.1 Å². The maximum absolute atomic E-state index is 14.1. The van der Waals surface area contributed by atoms with Crippen LogP contribution in [0, 0.1) is 32.4 Å². The molecule has 3 aromatic rings. The van der Waals surface area contributed by atoms with Crippen molar-refractivity contribution in [2.24, 2.45) is 0 Å². The van der Waals surface area contributed by atoms with Gasteiger partial charge in [-0.15, -0.1) is 0 Å². The van der Waals surface area contributed by atoms with Crippen molar-refractivity contribution >= 4 is 0 Å². The molecule has 0 radical (unpaired) electrons. The molecule has 0 saturated heterocycles.